The molecule has 0 aliphatic rings. The number of methoxy groups -OCH3 is 1. The quantitative estimate of drug-likeness (QED) is 0.672. The zero-order valence-corrected chi connectivity index (χ0v) is 10.4. The maximum absolute atomic E-state index is 12.4. The fourth-order valence-electron chi connectivity index (χ4n) is 1.84. The van der Waals surface area contributed by atoms with Gasteiger partial charge in [-0.1, -0.05) is 18.2 Å². The molecule has 4 heteroatoms. The summed E-state index contributed by atoms with van der Waals surface area (Å²) < 4.78 is 5.16. The molecule has 0 bridgehead atoms. The molecule has 2 N–H and O–H groups in total. The van der Waals surface area contributed by atoms with Crippen LogP contribution < -0.4 is 10.5 Å². The highest BCUT2D eigenvalue weighted by atomic mass is 16.5. The number of anilines is 1. The summed E-state index contributed by atoms with van der Waals surface area (Å²) in [4.78, 5) is 12.4. The predicted molar refractivity (Wildman–Crippen MR) is 72.0 cm³/mol. The Balaban J connectivity index is 2.53. The first-order chi connectivity index (χ1) is 9.17. The number of ether oxygens (including phenoxy) is 1. The highest BCUT2D eigenvalue weighted by Crippen LogP contribution is 2.27. The molecule has 0 radical (unpaired) electrons. The number of nitrogen functional groups attached to an aromatic ring is 1. The fourth-order valence-corrected chi connectivity index (χ4v) is 1.84. The number of carbonyl (C=O) groups excluding carboxylic acids is 1. The zero-order chi connectivity index (χ0) is 13.8. The Morgan fingerprint density at radius 1 is 1.26 bits per heavy atom. The van der Waals surface area contributed by atoms with E-state index >= 15 is 0 Å². The van der Waals surface area contributed by atoms with Gasteiger partial charge in [-0.3, -0.25) is 4.79 Å². The van der Waals surface area contributed by atoms with Crippen molar-refractivity contribution in [2.75, 3.05) is 12.8 Å². The van der Waals surface area contributed by atoms with Crippen LogP contribution >= 0.6 is 0 Å². The van der Waals surface area contributed by atoms with Crippen molar-refractivity contribution in [3.05, 3.63) is 59.2 Å². The summed E-state index contributed by atoms with van der Waals surface area (Å²) >= 11 is 0. The third-order valence-corrected chi connectivity index (χ3v) is 2.76. The number of benzene rings is 2. The molecule has 0 aliphatic carbocycles. The van der Waals surface area contributed by atoms with Gasteiger partial charge in [-0.05, 0) is 24.3 Å². The lowest BCUT2D eigenvalue weighted by molar-refractivity contribution is 0.103. The average Bonchev–Trinajstić information content (AvgIpc) is 2.46. The molecule has 0 heterocycles. The summed E-state index contributed by atoms with van der Waals surface area (Å²) in [6.07, 6.45) is 0. The lowest BCUT2D eigenvalue weighted by Gasteiger charge is -2.10. The van der Waals surface area contributed by atoms with E-state index in [0.29, 0.717) is 28.1 Å². The molecule has 0 unspecified atom stereocenters. The molecule has 19 heavy (non-hydrogen) atoms. The minimum absolute atomic E-state index is 0.257. The molecule has 0 saturated carbocycles. The smallest absolute Gasteiger partial charge is 0.198 e. The predicted octanol–water partition coefficient (Wildman–Crippen LogP) is 2.38. The van der Waals surface area contributed by atoms with Crippen molar-refractivity contribution in [3.8, 4) is 11.8 Å². The molecule has 0 aromatic heterocycles. The van der Waals surface area contributed by atoms with Crippen molar-refractivity contribution < 1.29 is 9.53 Å². The highest BCUT2D eigenvalue weighted by molar-refractivity contribution is 6.14. The first kappa shape index (κ1) is 12.7. The van der Waals surface area contributed by atoms with E-state index in [1.54, 1.807) is 36.4 Å². The van der Waals surface area contributed by atoms with Gasteiger partial charge in [0.25, 0.3) is 0 Å². The Hall–Kier alpha value is -2.80. The minimum atomic E-state index is -0.257. The lowest BCUT2D eigenvalue weighted by atomic mass is 9.99. The second-order valence-electron chi connectivity index (χ2n) is 3.95. The van der Waals surface area contributed by atoms with Crippen LogP contribution in [0.25, 0.3) is 0 Å². The number of ketones is 1. The maximum Gasteiger partial charge on any atom is 0.198 e. The van der Waals surface area contributed by atoms with E-state index in [-0.39, 0.29) is 5.78 Å². The van der Waals surface area contributed by atoms with Gasteiger partial charge in [0.1, 0.15) is 5.75 Å². The zero-order valence-electron chi connectivity index (χ0n) is 10.4. The van der Waals surface area contributed by atoms with Gasteiger partial charge in [0.2, 0.25) is 0 Å². The second kappa shape index (κ2) is 5.23. The van der Waals surface area contributed by atoms with Crippen LogP contribution in [0.5, 0.6) is 5.75 Å². The van der Waals surface area contributed by atoms with Crippen molar-refractivity contribution in [2.24, 2.45) is 0 Å². The molecular weight excluding hydrogens is 240 g/mol. The molecule has 0 aliphatic heterocycles. The molecule has 0 amide bonds. The normalized spacial score (nSPS) is 9.68. The number of nitrogens with two attached hydrogens (primary N) is 1. The number of carbonyl (C=O) groups is 1. The Kier molecular flexibility index (Phi) is 3.48. The first-order valence-corrected chi connectivity index (χ1v) is 5.64. The summed E-state index contributed by atoms with van der Waals surface area (Å²) in [7, 11) is 1.48. The van der Waals surface area contributed by atoms with Crippen LogP contribution in [0.4, 0.5) is 5.69 Å². The van der Waals surface area contributed by atoms with Gasteiger partial charge in [0, 0.05) is 11.3 Å². The fraction of sp³-hybridized carbons (Fsp3) is 0.0667. The van der Waals surface area contributed by atoms with Gasteiger partial charge in [0.05, 0.1) is 24.3 Å². The molecule has 0 spiro atoms. The highest BCUT2D eigenvalue weighted by Gasteiger charge is 2.17. The van der Waals surface area contributed by atoms with E-state index in [4.69, 9.17) is 15.7 Å². The van der Waals surface area contributed by atoms with Crippen molar-refractivity contribution in [3.63, 3.8) is 0 Å². The topological polar surface area (TPSA) is 76.1 Å². The number of hydrogen-bond acceptors (Lipinski definition) is 4. The third kappa shape index (κ3) is 2.40. The van der Waals surface area contributed by atoms with Crippen LogP contribution in [0.15, 0.2) is 42.5 Å². The van der Waals surface area contributed by atoms with Gasteiger partial charge in [0.15, 0.2) is 5.78 Å². The van der Waals surface area contributed by atoms with E-state index in [1.807, 2.05) is 6.07 Å². The Bertz CT molecular complexity index is 672. The van der Waals surface area contributed by atoms with Gasteiger partial charge >= 0.3 is 0 Å². The van der Waals surface area contributed by atoms with Gasteiger partial charge in [-0.15, -0.1) is 0 Å². The SMILES string of the molecule is COc1cccc(N)c1C(=O)c1cccc(C#N)c1. The van der Waals surface area contributed by atoms with E-state index < -0.39 is 0 Å². The summed E-state index contributed by atoms with van der Waals surface area (Å²) in [6, 6.07) is 13.5. The van der Waals surface area contributed by atoms with Crippen molar-refractivity contribution in [1.82, 2.24) is 0 Å². The second-order valence-corrected chi connectivity index (χ2v) is 3.95. The Morgan fingerprint density at radius 2 is 2.00 bits per heavy atom. The van der Waals surface area contributed by atoms with Crippen molar-refractivity contribution >= 4 is 11.5 Å². The van der Waals surface area contributed by atoms with Crippen LogP contribution in [0.2, 0.25) is 0 Å². The number of hydrogen-bond donors (Lipinski definition) is 1. The van der Waals surface area contributed by atoms with Crippen LogP contribution in [-0.2, 0) is 0 Å². The number of nitrogens with zero attached hydrogens (tertiary/aromatic N) is 1. The van der Waals surface area contributed by atoms with Gasteiger partial charge in [-0.25, -0.2) is 0 Å². The summed E-state index contributed by atoms with van der Waals surface area (Å²) in [5, 5.41) is 8.86. The van der Waals surface area contributed by atoms with Crippen molar-refractivity contribution in [1.29, 1.82) is 5.26 Å². The molecule has 2 aromatic rings. The van der Waals surface area contributed by atoms with E-state index in [2.05, 4.69) is 0 Å². The summed E-state index contributed by atoms with van der Waals surface area (Å²) in [6.45, 7) is 0. The van der Waals surface area contributed by atoms with E-state index in [0.717, 1.165) is 0 Å². The molecule has 2 rings (SSSR count). The molecule has 0 fully saturated rings. The summed E-state index contributed by atoms with van der Waals surface area (Å²) in [5.74, 6) is 0.166. The number of rotatable bonds is 3. The molecule has 0 atom stereocenters. The van der Waals surface area contributed by atoms with Crippen LogP contribution in [0.3, 0.4) is 0 Å². The van der Waals surface area contributed by atoms with Gasteiger partial charge < -0.3 is 10.5 Å². The molecule has 94 valence electrons. The standard InChI is InChI=1S/C15H12N2O2/c1-19-13-7-3-6-12(17)14(13)15(18)11-5-2-4-10(8-11)9-16/h2-8H,17H2,1H3. The van der Waals surface area contributed by atoms with E-state index in [1.165, 1.54) is 13.2 Å². The largest absolute Gasteiger partial charge is 0.496 e. The molecule has 4 nitrogen and oxygen atoms in total. The third-order valence-electron chi connectivity index (χ3n) is 2.76. The monoisotopic (exact) mass is 252 g/mol. The van der Waals surface area contributed by atoms with Gasteiger partial charge in [-0.2, -0.15) is 5.26 Å². The lowest BCUT2D eigenvalue weighted by Crippen LogP contribution is -2.07. The first-order valence-electron chi connectivity index (χ1n) is 5.64. The van der Waals surface area contributed by atoms with E-state index in [9.17, 15) is 4.79 Å². The van der Waals surface area contributed by atoms with Crippen molar-refractivity contribution in [2.45, 2.75) is 0 Å². The number of nitriles is 1. The Morgan fingerprint density at radius 3 is 2.68 bits per heavy atom. The van der Waals surface area contributed by atoms with Crippen LogP contribution in [0.1, 0.15) is 21.5 Å². The van der Waals surface area contributed by atoms with Crippen LogP contribution in [0, 0.1) is 11.3 Å². The summed E-state index contributed by atoms with van der Waals surface area (Å²) in [5.41, 5.74) is 7.36. The Labute approximate surface area is 111 Å². The molecular formula is C15H12N2O2. The maximum atomic E-state index is 12.4. The average molecular weight is 252 g/mol. The van der Waals surface area contributed by atoms with Crippen LogP contribution in [-0.4, -0.2) is 12.9 Å². The minimum Gasteiger partial charge on any atom is -0.496 e. The molecule has 0 saturated heterocycles. The molecule has 2 aromatic carbocycles.